The molecule has 0 aromatic heterocycles. The highest BCUT2D eigenvalue weighted by atomic mass is 16.5. The van der Waals surface area contributed by atoms with E-state index in [1.165, 1.54) is 0 Å². The van der Waals surface area contributed by atoms with Crippen molar-refractivity contribution in [2.45, 2.75) is 13.0 Å². The van der Waals surface area contributed by atoms with Crippen molar-refractivity contribution >= 4 is 5.69 Å². The average Bonchev–Trinajstić information content (AvgIpc) is 2.41. The van der Waals surface area contributed by atoms with E-state index in [0.717, 1.165) is 11.3 Å². The lowest BCUT2D eigenvalue weighted by Gasteiger charge is -2.16. The summed E-state index contributed by atoms with van der Waals surface area (Å²) in [5, 5.41) is 0. The Kier molecular flexibility index (Phi) is 3.72. The summed E-state index contributed by atoms with van der Waals surface area (Å²) in [5.74, 6) is 1.55. The van der Waals surface area contributed by atoms with Crippen molar-refractivity contribution in [2.75, 3.05) is 12.8 Å². The Bertz CT molecular complexity index is 508. The van der Waals surface area contributed by atoms with Gasteiger partial charge in [-0.3, -0.25) is 0 Å². The van der Waals surface area contributed by atoms with Gasteiger partial charge in [0.1, 0.15) is 17.6 Å². The van der Waals surface area contributed by atoms with Crippen LogP contribution in [0.2, 0.25) is 0 Å². The fraction of sp³-hybridized carbons (Fsp3) is 0.200. The van der Waals surface area contributed by atoms with E-state index < -0.39 is 0 Å². The van der Waals surface area contributed by atoms with Gasteiger partial charge in [-0.05, 0) is 36.8 Å². The van der Waals surface area contributed by atoms with Gasteiger partial charge in [0, 0.05) is 0 Å². The van der Waals surface area contributed by atoms with Crippen LogP contribution < -0.4 is 15.2 Å². The first-order chi connectivity index (χ1) is 8.70. The summed E-state index contributed by atoms with van der Waals surface area (Å²) in [5.41, 5.74) is 7.58. The van der Waals surface area contributed by atoms with Crippen molar-refractivity contribution in [3.63, 3.8) is 0 Å². The highest BCUT2D eigenvalue weighted by molar-refractivity contribution is 5.52. The van der Waals surface area contributed by atoms with Gasteiger partial charge in [0.05, 0.1) is 12.8 Å². The summed E-state index contributed by atoms with van der Waals surface area (Å²) in [7, 11) is 1.65. The Balaban J connectivity index is 2.11. The number of benzene rings is 2. The van der Waals surface area contributed by atoms with Gasteiger partial charge < -0.3 is 15.2 Å². The van der Waals surface area contributed by atoms with Gasteiger partial charge in [-0.25, -0.2) is 0 Å². The van der Waals surface area contributed by atoms with Gasteiger partial charge in [-0.2, -0.15) is 0 Å². The molecule has 1 unspecified atom stereocenters. The van der Waals surface area contributed by atoms with Crippen LogP contribution in [-0.2, 0) is 0 Å². The number of anilines is 1. The summed E-state index contributed by atoms with van der Waals surface area (Å²) < 4.78 is 11.0. The molecule has 0 spiro atoms. The van der Waals surface area contributed by atoms with Crippen molar-refractivity contribution in [2.24, 2.45) is 0 Å². The van der Waals surface area contributed by atoms with Crippen LogP contribution in [0.1, 0.15) is 18.6 Å². The minimum absolute atomic E-state index is 0.0550. The molecule has 2 rings (SSSR count). The Morgan fingerprint density at radius 3 is 2.28 bits per heavy atom. The molecule has 0 aliphatic rings. The van der Waals surface area contributed by atoms with E-state index in [2.05, 4.69) is 0 Å². The molecule has 3 heteroatoms. The predicted octanol–water partition coefficient (Wildman–Crippen LogP) is 3.42. The van der Waals surface area contributed by atoms with Crippen LogP contribution in [0.4, 0.5) is 5.69 Å². The second-order valence-corrected chi connectivity index (χ2v) is 4.07. The summed E-state index contributed by atoms with van der Waals surface area (Å²) in [6, 6.07) is 15.3. The van der Waals surface area contributed by atoms with Gasteiger partial charge in [-0.15, -0.1) is 0 Å². The van der Waals surface area contributed by atoms with Crippen LogP contribution in [0, 0.1) is 0 Å². The molecule has 2 aromatic carbocycles. The molecule has 0 amide bonds. The maximum atomic E-state index is 5.85. The van der Waals surface area contributed by atoms with Gasteiger partial charge in [-0.1, -0.05) is 24.3 Å². The number of nitrogen functional groups attached to an aromatic ring is 1. The first kappa shape index (κ1) is 12.3. The van der Waals surface area contributed by atoms with Crippen molar-refractivity contribution < 1.29 is 9.47 Å². The lowest BCUT2D eigenvalue weighted by Crippen LogP contribution is -2.04. The van der Waals surface area contributed by atoms with Crippen molar-refractivity contribution in [1.29, 1.82) is 0 Å². The molecule has 0 radical (unpaired) electrons. The SMILES string of the molecule is COc1ccc(C(C)Oc2ccccc2N)cc1. The van der Waals surface area contributed by atoms with Crippen LogP contribution in [0.25, 0.3) is 0 Å². The minimum atomic E-state index is -0.0550. The molecule has 0 fully saturated rings. The monoisotopic (exact) mass is 243 g/mol. The molecule has 18 heavy (non-hydrogen) atoms. The fourth-order valence-electron chi connectivity index (χ4n) is 1.72. The highest BCUT2D eigenvalue weighted by Gasteiger charge is 2.08. The molecule has 0 aliphatic heterocycles. The topological polar surface area (TPSA) is 44.5 Å². The van der Waals surface area contributed by atoms with Crippen LogP contribution >= 0.6 is 0 Å². The van der Waals surface area contributed by atoms with Gasteiger partial charge in [0.15, 0.2) is 0 Å². The van der Waals surface area contributed by atoms with Crippen molar-refractivity contribution in [3.05, 3.63) is 54.1 Å². The van der Waals surface area contributed by atoms with Crippen LogP contribution in [0.5, 0.6) is 11.5 Å². The van der Waals surface area contributed by atoms with E-state index in [9.17, 15) is 0 Å². The summed E-state index contributed by atoms with van der Waals surface area (Å²) in [4.78, 5) is 0. The number of hydrogen-bond donors (Lipinski definition) is 1. The van der Waals surface area contributed by atoms with Crippen LogP contribution in [0.3, 0.4) is 0 Å². The molecular weight excluding hydrogens is 226 g/mol. The molecule has 2 N–H and O–H groups in total. The molecule has 1 atom stereocenters. The normalized spacial score (nSPS) is 11.9. The first-order valence-corrected chi connectivity index (χ1v) is 5.86. The van der Waals surface area contributed by atoms with E-state index >= 15 is 0 Å². The quantitative estimate of drug-likeness (QED) is 0.837. The fourth-order valence-corrected chi connectivity index (χ4v) is 1.72. The molecule has 0 saturated heterocycles. The maximum absolute atomic E-state index is 5.85. The second-order valence-electron chi connectivity index (χ2n) is 4.07. The van der Waals surface area contributed by atoms with E-state index in [0.29, 0.717) is 11.4 Å². The van der Waals surface area contributed by atoms with Crippen LogP contribution in [-0.4, -0.2) is 7.11 Å². The minimum Gasteiger partial charge on any atom is -0.497 e. The maximum Gasteiger partial charge on any atom is 0.143 e. The zero-order valence-electron chi connectivity index (χ0n) is 10.6. The van der Waals surface area contributed by atoms with E-state index in [1.54, 1.807) is 7.11 Å². The third-order valence-corrected chi connectivity index (χ3v) is 2.81. The Morgan fingerprint density at radius 1 is 1.00 bits per heavy atom. The number of methoxy groups -OCH3 is 1. The average molecular weight is 243 g/mol. The first-order valence-electron chi connectivity index (χ1n) is 5.86. The van der Waals surface area contributed by atoms with Crippen LogP contribution in [0.15, 0.2) is 48.5 Å². The largest absolute Gasteiger partial charge is 0.497 e. The lowest BCUT2D eigenvalue weighted by molar-refractivity contribution is 0.228. The number of hydrogen-bond acceptors (Lipinski definition) is 3. The van der Waals surface area contributed by atoms with Gasteiger partial charge in [0.2, 0.25) is 0 Å². The van der Waals surface area contributed by atoms with Crippen molar-refractivity contribution in [3.8, 4) is 11.5 Å². The van der Waals surface area contributed by atoms with Crippen molar-refractivity contribution in [1.82, 2.24) is 0 Å². The zero-order chi connectivity index (χ0) is 13.0. The molecule has 0 bridgehead atoms. The predicted molar refractivity (Wildman–Crippen MR) is 72.9 cm³/mol. The van der Waals surface area contributed by atoms with E-state index in [-0.39, 0.29) is 6.10 Å². The third kappa shape index (κ3) is 2.74. The third-order valence-electron chi connectivity index (χ3n) is 2.81. The summed E-state index contributed by atoms with van der Waals surface area (Å²) in [6.45, 7) is 1.99. The molecule has 2 aromatic rings. The Hall–Kier alpha value is -2.16. The number of rotatable bonds is 4. The Labute approximate surface area is 107 Å². The smallest absolute Gasteiger partial charge is 0.143 e. The lowest BCUT2D eigenvalue weighted by atomic mass is 10.1. The molecular formula is C15H17NO2. The second kappa shape index (κ2) is 5.45. The van der Waals surface area contributed by atoms with Gasteiger partial charge in [0.25, 0.3) is 0 Å². The van der Waals surface area contributed by atoms with E-state index in [1.807, 2.05) is 55.5 Å². The Morgan fingerprint density at radius 2 is 1.67 bits per heavy atom. The molecule has 0 saturated carbocycles. The molecule has 0 heterocycles. The number of ether oxygens (including phenoxy) is 2. The van der Waals surface area contributed by atoms with E-state index in [4.69, 9.17) is 15.2 Å². The van der Waals surface area contributed by atoms with Gasteiger partial charge >= 0.3 is 0 Å². The number of para-hydroxylation sites is 2. The standard InChI is InChI=1S/C15H17NO2/c1-11(12-7-9-13(17-2)10-8-12)18-15-6-4-3-5-14(15)16/h3-11H,16H2,1-2H3. The molecule has 0 aliphatic carbocycles. The zero-order valence-corrected chi connectivity index (χ0v) is 10.6. The molecule has 94 valence electrons. The summed E-state index contributed by atoms with van der Waals surface area (Å²) in [6.07, 6.45) is -0.0550. The molecule has 3 nitrogen and oxygen atoms in total. The number of nitrogens with two attached hydrogens (primary N) is 1. The summed E-state index contributed by atoms with van der Waals surface area (Å²) >= 11 is 0. The highest BCUT2D eigenvalue weighted by Crippen LogP contribution is 2.27.